The van der Waals surface area contributed by atoms with Crippen molar-refractivity contribution in [2.75, 3.05) is 11.5 Å². The van der Waals surface area contributed by atoms with E-state index in [1.54, 1.807) is 0 Å². The fraction of sp³-hybridized carbons (Fsp3) is 0.538. The Morgan fingerprint density at radius 3 is 2.78 bits per heavy atom. The van der Waals surface area contributed by atoms with Gasteiger partial charge in [0.15, 0.2) is 0 Å². The van der Waals surface area contributed by atoms with E-state index in [1.807, 2.05) is 41.7 Å². The van der Waals surface area contributed by atoms with Crippen LogP contribution in [0, 0.1) is 0 Å². The first-order valence-corrected chi connectivity index (χ1v) is 8.62. The Kier molecular flexibility index (Phi) is 5.70. The van der Waals surface area contributed by atoms with Crippen LogP contribution in [0.25, 0.3) is 0 Å². The Morgan fingerprint density at radius 2 is 2.11 bits per heavy atom. The van der Waals surface area contributed by atoms with E-state index in [0.29, 0.717) is 10.5 Å². The van der Waals surface area contributed by atoms with Crippen molar-refractivity contribution in [3.63, 3.8) is 0 Å². The maximum atomic E-state index is 6.22. The van der Waals surface area contributed by atoms with E-state index in [9.17, 15) is 0 Å². The molecule has 2 rings (SSSR count). The van der Waals surface area contributed by atoms with Gasteiger partial charge in [-0.2, -0.15) is 23.5 Å². The molecule has 1 aliphatic heterocycles. The molecule has 1 heterocycles. The number of hydrazine groups is 1. The third-order valence-electron chi connectivity index (χ3n) is 3.25. The van der Waals surface area contributed by atoms with Crippen LogP contribution in [-0.2, 0) is 6.42 Å². The predicted molar refractivity (Wildman–Crippen MR) is 84.4 cm³/mol. The van der Waals surface area contributed by atoms with Crippen molar-refractivity contribution in [1.82, 2.24) is 5.43 Å². The summed E-state index contributed by atoms with van der Waals surface area (Å²) >= 11 is 10.3. The highest BCUT2D eigenvalue weighted by molar-refractivity contribution is 8.07. The zero-order chi connectivity index (χ0) is 13.0. The fourth-order valence-electron chi connectivity index (χ4n) is 2.26. The van der Waals surface area contributed by atoms with Gasteiger partial charge in [0.05, 0.1) is 0 Å². The Labute approximate surface area is 122 Å². The molecule has 0 aliphatic carbocycles. The van der Waals surface area contributed by atoms with E-state index in [-0.39, 0.29) is 6.04 Å². The van der Waals surface area contributed by atoms with E-state index in [1.165, 1.54) is 17.1 Å². The summed E-state index contributed by atoms with van der Waals surface area (Å²) in [6.45, 7) is 2.29. The average molecular weight is 303 g/mol. The normalized spacial score (nSPS) is 25.9. The van der Waals surface area contributed by atoms with Crippen LogP contribution in [0.4, 0.5) is 0 Å². The molecule has 5 heteroatoms. The zero-order valence-electron chi connectivity index (χ0n) is 10.4. The molecule has 0 bridgehead atoms. The number of rotatable bonds is 4. The molecule has 3 atom stereocenters. The van der Waals surface area contributed by atoms with Crippen molar-refractivity contribution in [2.45, 2.75) is 29.9 Å². The van der Waals surface area contributed by atoms with E-state index >= 15 is 0 Å². The molecule has 1 saturated heterocycles. The third kappa shape index (κ3) is 3.58. The first-order chi connectivity index (χ1) is 8.72. The summed E-state index contributed by atoms with van der Waals surface area (Å²) in [7, 11) is 0. The highest BCUT2D eigenvalue weighted by atomic mass is 35.5. The molecular formula is C13H19ClN2S2. The van der Waals surface area contributed by atoms with E-state index < -0.39 is 0 Å². The lowest BCUT2D eigenvalue weighted by Gasteiger charge is -2.34. The number of thioether (sulfide) groups is 2. The number of hydrogen-bond donors (Lipinski definition) is 2. The van der Waals surface area contributed by atoms with Crippen LogP contribution in [0.1, 0.15) is 12.5 Å². The maximum Gasteiger partial charge on any atom is 0.0438 e. The van der Waals surface area contributed by atoms with E-state index in [0.717, 1.165) is 11.4 Å². The topological polar surface area (TPSA) is 38.0 Å². The minimum Gasteiger partial charge on any atom is -0.271 e. The van der Waals surface area contributed by atoms with Gasteiger partial charge in [-0.25, -0.2) is 0 Å². The Morgan fingerprint density at radius 1 is 1.39 bits per heavy atom. The lowest BCUT2D eigenvalue weighted by Crippen LogP contribution is -2.48. The van der Waals surface area contributed by atoms with Gasteiger partial charge in [0.2, 0.25) is 0 Å². The summed E-state index contributed by atoms with van der Waals surface area (Å²) in [6, 6.07) is 8.29. The SMILES string of the molecule is CC1SCCSC1C(Cc1ccccc1Cl)NN. The predicted octanol–water partition coefficient (Wildman–Crippen LogP) is 2.95. The summed E-state index contributed by atoms with van der Waals surface area (Å²) in [6.07, 6.45) is 0.888. The molecule has 1 aromatic carbocycles. The molecule has 3 unspecified atom stereocenters. The summed E-state index contributed by atoms with van der Waals surface area (Å²) < 4.78 is 0. The molecule has 18 heavy (non-hydrogen) atoms. The van der Waals surface area contributed by atoms with Gasteiger partial charge >= 0.3 is 0 Å². The molecule has 1 fully saturated rings. The van der Waals surface area contributed by atoms with Crippen LogP contribution in [0.3, 0.4) is 0 Å². The van der Waals surface area contributed by atoms with Gasteiger partial charge in [-0.05, 0) is 18.1 Å². The van der Waals surface area contributed by atoms with Gasteiger partial charge in [-0.1, -0.05) is 36.7 Å². The van der Waals surface area contributed by atoms with Gasteiger partial charge in [-0.3, -0.25) is 11.3 Å². The molecule has 1 aromatic rings. The molecule has 0 aromatic heterocycles. The molecule has 0 saturated carbocycles. The molecule has 0 radical (unpaired) electrons. The van der Waals surface area contributed by atoms with Crippen molar-refractivity contribution < 1.29 is 0 Å². The van der Waals surface area contributed by atoms with Crippen LogP contribution in [0.5, 0.6) is 0 Å². The second-order valence-electron chi connectivity index (χ2n) is 4.48. The Bertz CT molecular complexity index is 389. The lowest BCUT2D eigenvalue weighted by atomic mass is 10.0. The van der Waals surface area contributed by atoms with Crippen LogP contribution in [-0.4, -0.2) is 28.0 Å². The second-order valence-corrected chi connectivity index (χ2v) is 7.66. The van der Waals surface area contributed by atoms with Crippen molar-refractivity contribution in [1.29, 1.82) is 0 Å². The molecule has 1 aliphatic rings. The van der Waals surface area contributed by atoms with Gasteiger partial charge in [0, 0.05) is 33.1 Å². The van der Waals surface area contributed by atoms with Gasteiger partial charge < -0.3 is 0 Å². The average Bonchev–Trinajstić information content (AvgIpc) is 2.39. The van der Waals surface area contributed by atoms with Gasteiger partial charge in [-0.15, -0.1) is 0 Å². The third-order valence-corrected chi connectivity index (χ3v) is 6.87. The molecular weight excluding hydrogens is 284 g/mol. The smallest absolute Gasteiger partial charge is 0.0438 e. The van der Waals surface area contributed by atoms with Gasteiger partial charge in [0.1, 0.15) is 0 Å². The molecule has 0 spiro atoms. The quantitative estimate of drug-likeness (QED) is 0.662. The van der Waals surface area contributed by atoms with Crippen molar-refractivity contribution >= 4 is 35.1 Å². The van der Waals surface area contributed by atoms with Crippen molar-refractivity contribution in [2.24, 2.45) is 5.84 Å². The highest BCUT2D eigenvalue weighted by Gasteiger charge is 2.30. The standard InChI is InChI=1S/C13H19ClN2S2/c1-9-13(18-7-6-17-9)12(16-15)8-10-4-2-3-5-11(10)14/h2-5,9,12-13,16H,6-8,15H2,1H3. The van der Waals surface area contributed by atoms with Crippen molar-refractivity contribution in [3.8, 4) is 0 Å². The summed E-state index contributed by atoms with van der Waals surface area (Å²) in [5, 5.41) is 2.01. The maximum absolute atomic E-state index is 6.22. The molecule has 100 valence electrons. The minimum absolute atomic E-state index is 0.276. The zero-order valence-corrected chi connectivity index (χ0v) is 12.8. The Hall–Kier alpha value is 0.130. The molecule has 3 N–H and O–H groups in total. The number of halogens is 1. The minimum atomic E-state index is 0.276. The first-order valence-electron chi connectivity index (χ1n) is 6.15. The Balaban J connectivity index is 2.07. The molecule has 2 nitrogen and oxygen atoms in total. The largest absolute Gasteiger partial charge is 0.271 e. The fourth-order valence-corrected chi connectivity index (χ4v) is 5.42. The van der Waals surface area contributed by atoms with Crippen LogP contribution < -0.4 is 11.3 Å². The van der Waals surface area contributed by atoms with Crippen molar-refractivity contribution in [3.05, 3.63) is 34.9 Å². The summed E-state index contributed by atoms with van der Waals surface area (Å²) in [5.41, 5.74) is 4.16. The van der Waals surface area contributed by atoms with Crippen LogP contribution in [0.2, 0.25) is 5.02 Å². The first kappa shape index (κ1) is 14.5. The number of nitrogens with two attached hydrogens (primary N) is 1. The second kappa shape index (κ2) is 7.06. The van der Waals surface area contributed by atoms with Crippen LogP contribution in [0.15, 0.2) is 24.3 Å². The number of nitrogens with one attached hydrogen (secondary N) is 1. The molecule has 0 amide bonds. The number of hydrogen-bond acceptors (Lipinski definition) is 4. The lowest BCUT2D eigenvalue weighted by molar-refractivity contribution is 0.501. The highest BCUT2D eigenvalue weighted by Crippen LogP contribution is 2.34. The van der Waals surface area contributed by atoms with E-state index in [2.05, 4.69) is 18.4 Å². The summed E-state index contributed by atoms with van der Waals surface area (Å²) in [4.78, 5) is 0. The monoisotopic (exact) mass is 302 g/mol. The van der Waals surface area contributed by atoms with Gasteiger partial charge in [0.25, 0.3) is 0 Å². The number of benzene rings is 1. The van der Waals surface area contributed by atoms with Crippen LogP contribution >= 0.6 is 35.1 Å². The van der Waals surface area contributed by atoms with E-state index in [4.69, 9.17) is 17.4 Å². The summed E-state index contributed by atoms with van der Waals surface area (Å²) in [5.74, 6) is 8.20.